The number of carboxylic acid groups (broad SMARTS) is 1. The molecule has 3 rings (SSSR count). The average Bonchev–Trinajstić information content (AvgIpc) is 2.74. The Balaban J connectivity index is 0.000000540. The number of nitrogens with zero attached hydrogens (tertiary/aromatic N) is 1. The van der Waals surface area contributed by atoms with E-state index < -0.39 is 28.2 Å². The van der Waals surface area contributed by atoms with Gasteiger partial charge in [0.25, 0.3) is 0 Å². The normalized spacial score (nSPS) is 14.9. The molecule has 4 N–H and O–H groups in total. The summed E-state index contributed by atoms with van der Waals surface area (Å²) >= 11 is 0. The first-order valence-electron chi connectivity index (χ1n) is 10.4. The maximum atomic E-state index is 13.7. The van der Waals surface area contributed by atoms with E-state index in [2.05, 4.69) is 4.72 Å². The Bertz CT molecular complexity index is 1110. The van der Waals surface area contributed by atoms with Crippen molar-refractivity contribution in [2.24, 2.45) is 11.7 Å². The van der Waals surface area contributed by atoms with Gasteiger partial charge in [0.05, 0.1) is 4.90 Å². The molecule has 1 amide bonds. The zero-order chi connectivity index (χ0) is 26.2. The van der Waals surface area contributed by atoms with Crippen molar-refractivity contribution >= 4 is 21.9 Å². The van der Waals surface area contributed by atoms with E-state index in [1.54, 1.807) is 41.3 Å². The Morgan fingerprint density at radius 2 is 1.63 bits per heavy atom. The molecular weight excluding hydrogens is 494 g/mol. The van der Waals surface area contributed by atoms with Crippen molar-refractivity contribution in [3.05, 3.63) is 66.0 Å². The highest BCUT2D eigenvalue weighted by Crippen LogP contribution is 2.18. The number of halogens is 4. The number of hydrogen-bond donors (Lipinski definition) is 3. The van der Waals surface area contributed by atoms with Crippen LogP contribution in [0.5, 0.6) is 0 Å². The molecule has 0 aliphatic carbocycles. The number of carbonyl (C=O) groups excluding carboxylic acids is 1. The number of likely N-dealkylation sites (tertiary alicyclic amines) is 1. The van der Waals surface area contributed by atoms with Gasteiger partial charge in [-0.2, -0.15) is 13.2 Å². The minimum absolute atomic E-state index is 0.0743. The van der Waals surface area contributed by atoms with Gasteiger partial charge in [0.2, 0.25) is 15.9 Å². The van der Waals surface area contributed by atoms with Gasteiger partial charge in [-0.3, -0.25) is 4.79 Å². The molecule has 1 saturated heterocycles. The van der Waals surface area contributed by atoms with Gasteiger partial charge in [-0.1, -0.05) is 36.4 Å². The van der Waals surface area contributed by atoms with Crippen LogP contribution in [0.15, 0.2) is 59.5 Å². The van der Waals surface area contributed by atoms with Gasteiger partial charge in [-0.25, -0.2) is 22.3 Å². The molecule has 1 aliphatic rings. The highest BCUT2D eigenvalue weighted by Gasteiger charge is 2.38. The zero-order valence-electron chi connectivity index (χ0n) is 18.4. The minimum Gasteiger partial charge on any atom is -0.475 e. The highest BCUT2D eigenvalue weighted by atomic mass is 32.2. The number of carboxylic acids is 1. The number of amides is 1. The molecule has 1 heterocycles. The van der Waals surface area contributed by atoms with Crippen LogP contribution in [0.2, 0.25) is 0 Å². The van der Waals surface area contributed by atoms with Crippen molar-refractivity contribution in [2.45, 2.75) is 30.0 Å². The van der Waals surface area contributed by atoms with Crippen LogP contribution in [0.25, 0.3) is 0 Å². The van der Waals surface area contributed by atoms with Crippen LogP contribution in [-0.2, 0) is 26.0 Å². The van der Waals surface area contributed by atoms with Crippen molar-refractivity contribution in [1.29, 1.82) is 0 Å². The van der Waals surface area contributed by atoms with Crippen molar-refractivity contribution in [1.82, 2.24) is 9.62 Å². The standard InChI is InChI=1S/C20H24FN3O3S.C2HF3O2/c21-19-9-5-4-6-16(19)10-17(22)11-20(25)24-13-15(14-24)12-23-28(26,27)18-7-2-1-3-8-18;3-2(4,5)1(6)7/h1-9,15,17,23H,10-14,22H2;(H,6,7)/t17-;/m1./s1. The van der Waals surface area contributed by atoms with Crippen LogP contribution in [-0.4, -0.2) is 62.2 Å². The van der Waals surface area contributed by atoms with Gasteiger partial charge in [-0.15, -0.1) is 0 Å². The molecular formula is C22H25F4N3O5S. The van der Waals surface area contributed by atoms with Crippen LogP contribution in [0.1, 0.15) is 12.0 Å². The third kappa shape index (κ3) is 8.92. The summed E-state index contributed by atoms with van der Waals surface area (Å²) in [7, 11) is -3.54. The number of nitrogens with one attached hydrogen (secondary N) is 1. The second-order valence-corrected chi connectivity index (χ2v) is 9.66. The van der Waals surface area contributed by atoms with Crippen molar-refractivity contribution in [3.63, 3.8) is 0 Å². The van der Waals surface area contributed by atoms with Gasteiger partial charge >= 0.3 is 12.1 Å². The number of benzene rings is 2. The lowest BCUT2D eigenvalue weighted by Gasteiger charge is -2.39. The summed E-state index contributed by atoms with van der Waals surface area (Å²) in [6, 6.07) is 14.1. The summed E-state index contributed by atoms with van der Waals surface area (Å²) in [6.07, 6.45) is -4.65. The van der Waals surface area contributed by atoms with E-state index in [1.165, 1.54) is 18.2 Å². The molecule has 0 radical (unpaired) electrons. The number of alkyl halides is 3. The van der Waals surface area contributed by atoms with E-state index in [-0.39, 0.29) is 35.5 Å². The molecule has 0 unspecified atom stereocenters. The van der Waals surface area contributed by atoms with Crippen LogP contribution < -0.4 is 10.5 Å². The quantitative estimate of drug-likeness (QED) is 0.459. The van der Waals surface area contributed by atoms with E-state index in [0.29, 0.717) is 25.1 Å². The topological polar surface area (TPSA) is 130 Å². The van der Waals surface area contributed by atoms with Gasteiger partial charge in [0.1, 0.15) is 5.82 Å². The van der Waals surface area contributed by atoms with Gasteiger partial charge < -0.3 is 15.7 Å². The molecule has 2 aromatic rings. The Morgan fingerprint density at radius 1 is 1.09 bits per heavy atom. The van der Waals surface area contributed by atoms with Crippen molar-refractivity contribution < 1.29 is 40.7 Å². The Labute approximate surface area is 199 Å². The molecule has 35 heavy (non-hydrogen) atoms. The second-order valence-electron chi connectivity index (χ2n) is 7.89. The highest BCUT2D eigenvalue weighted by molar-refractivity contribution is 7.89. The lowest BCUT2D eigenvalue weighted by molar-refractivity contribution is -0.192. The van der Waals surface area contributed by atoms with Crippen molar-refractivity contribution in [3.8, 4) is 0 Å². The Kier molecular flexibility index (Phi) is 9.74. The molecule has 0 spiro atoms. The lowest BCUT2D eigenvalue weighted by Crippen LogP contribution is -2.54. The molecule has 1 aliphatic heterocycles. The first-order valence-corrected chi connectivity index (χ1v) is 11.9. The fraction of sp³-hybridized carbons (Fsp3) is 0.364. The largest absolute Gasteiger partial charge is 0.490 e. The van der Waals surface area contributed by atoms with E-state index in [0.717, 1.165) is 0 Å². The fourth-order valence-electron chi connectivity index (χ4n) is 3.19. The van der Waals surface area contributed by atoms with E-state index in [4.69, 9.17) is 15.6 Å². The molecule has 192 valence electrons. The first-order chi connectivity index (χ1) is 16.3. The van der Waals surface area contributed by atoms with E-state index in [1.807, 2.05) is 0 Å². The van der Waals surface area contributed by atoms with E-state index in [9.17, 15) is 30.8 Å². The van der Waals surface area contributed by atoms with Crippen LogP contribution in [0.3, 0.4) is 0 Å². The molecule has 1 fully saturated rings. The van der Waals surface area contributed by atoms with Crippen LogP contribution >= 0.6 is 0 Å². The number of sulfonamides is 1. The predicted molar refractivity (Wildman–Crippen MR) is 118 cm³/mol. The van der Waals surface area contributed by atoms with Crippen LogP contribution in [0, 0.1) is 11.7 Å². The number of carbonyl (C=O) groups is 2. The molecule has 13 heteroatoms. The summed E-state index contributed by atoms with van der Waals surface area (Å²) in [5, 5.41) is 7.12. The number of rotatable bonds is 8. The third-order valence-corrected chi connectivity index (χ3v) is 6.48. The third-order valence-electron chi connectivity index (χ3n) is 5.04. The predicted octanol–water partition coefficient (Wildman–Crippen LogP) is 2.16. The lowest BCUT2D eigenvalue weighted by atomic mass is 9.98. The number of hydrogen-bond acceptors (Lipinski definition) is 5. The summed E-state index contributed by atoms with van der Waals surface area (Å²) in [5.41, 5.74) is 6.50. The molecule has 0 aromatic heterocycles. The second kappa shape index (κ2) is 12.1. The monoisotopic (exact) mass is 519 g/mol. The molecule has 0 saturated carbocycles. The summed E-state index contributed by atoms with van der Waals surface area (Å²) in [4.78, 5) is 23.1. The van der Waals surface area contributed by atoms with Gasteiger partial charge in [-0.05, 0) is 30.2 Å². The summed E-state index contributed by atoms with van der Waals surface area (Å²) in [5.74, 6) is -3.09. The summed E-state index contributed by atoms with van der Waals surface area (Å²) in [6.45, 7) is 1.26. The van der Waals surface area contributed by atoms with Crippen LogP contribution in [0.4, 0.5) is 17.6 Å². The molecule has 8 nitrogen and oxygen atoms in total. The SMILES string of the molecule is N[C@@H](CC(=O)N1CC(CNS(=O)(=O)c2ccccc2)C1)Cc1ccccc1F.O=C(O)C(F)(F)F. The molecule has 2 aromatic carbocycles. The van der Waals surface area contributed by atoms with E-state index >= 15 is 0 Å². The van der Waals surface area contributed by atoms with Gasteiger partial charge in [0, 0.05) is 38.0 Å². The fourth-order valence-corrected chi connectivity index (χ4v) is 4.32. The zero-order valence-corrected chi connectivity index (χ0v) is 19.2. The van der Waals surface area contributed by atoms with Gasteiger partial charge in [0.15, 0.2) is 0 Å². The average molecular weight is 520 g/mol. The number of aliphatic carboxylic acids is 1. The maximum Gasteiger partial charge on any atom is 0.490 e. The first kappa shape index (κ1) is 28.2. The summed E-state index contributed by atoms with van der Waals surface area (Å²) < 4.78 is 72.4. The smallest absolute Gasteiger partial charge is 0.475 e. The Hall–Kier alpha value is -3.03. The molecule has 1 atom stereocenters. The maximum absolute atomic E-state index is 13.7. The number of nitrogens with two attached hydrogens (primary N) is 1. The molecule has 0 bridgehead atoms. The van der Waals surface area contributed by atoms with Crippen molar-refractivity contribution in [2.75, 3.05) is 19.6 Å². The Morgan fingerprint density at radius 3 is 2.17 bits per heavy atom. The minimum atomic E-state index is -5.08.